The summed E-state index contributed by atoms with van der Waals surface area (Å²) < 4.78 is 18.6. The second kappa shape index (κ2) is 9.06. The zero-order valence-electron chi connectivity index (χ0n) is 14.7. The number of oxazole rings is 1. The number of hydrogen-bond donors (Lipinski definition) is 1. The molecule has 1 amide bonds. The molecular formula is C20H18ClFN2O2S. The van der Waals surface area contributed by atoms with Gasteiger partial charge >= 0.3 is 0 Å². The molecule has 27 heavy (non-hydrogen) atoms. The summed E-state index contributed by atoms with van der Waals surface area (Å²) >= 11 is 7.46. The Morgan fingerprint density at radius 3 is 2.78 bits per heavy atom. The van der Waals surface area contributed by atoms with Crippen LogP contribution in [0.2, 0.25) is 5.02 Å². The molecular weight excluding hydrogens is 387 g/mol. The molecule has 0 atom stereocenters. The van der Waals surface area contributed by atoms with Crippen LogP contribution in [0.15, 0.2) is 52.9 Å². The standard InChI is InChI=1S/C20H18ClFN2O2S/c1-13-18(24-20(26-13)15-3-2-4-16(21)9-15)11-27-12-19(25)23-10-14-5-7-17(22)8-6-14/h2-9H,10-12H2,1H3,(H,23,25). The van der Waals surface area contributed by atoms with Crippen LogP contribution in [0.3, 0.4) is 0 Å². The van der Waals surface area contributed by atoms with Crippen LogP contribution in [0.25, 0.3) is 11.5 Å². The molecule has 3 aromatic rings. The van der Waals surface area contributed by atoms with E-state index in [0.29, 0.717) is 29.0 Å². The lowest BCUT2D eigenvalue weighted by atomic mass is 10.2. The Morgan fingerprint density at radius 2 is 2.04 bits per heavy atom. The van der Waals surface area contributed by atoms with E-state index in [1.54, 1.807) is 24.3 Å². The highest BCUT2D eigenvalue weighted by atomic mass is 35.5. The second-order valence-electron chi connectivity index (χ2n) is 5.93. The fourth-order valence-electron chi connectivity index (χ4n) is 2.40. The van der Waals surface area contributed by atoms with E-state index < -0.39 is 0 Å². The molecule has 0 aliphatic heterocycles. The molecule has 4 nitrogen and oxygen atoms in total. The first kappa shape index (κ1) is 19.5. The Bertz CT molecular complexity index is 928. The maximum absolute atomic E-state index is 12.9. The Kier molecular flexibility index (Phi) is 6.53. The van der Waals surface area contributed by atoms with E-state index in [1.165, 1.54) is 23.9 Å². The van der Waals surface area contributed by atoms with Gasteiger partial charge in [-0.05, 0) is 42.8 Å². The fraction of sp³-hybridized carbons (Fsp3) is 0.200. The van der Waals surface area contributed by atoms with Gasteiger partial charge in [-0.2, -0.15) is 0 Å². The van der Waals surface area contributed by atoms with Crippen LogP contribution in [0.1, 0.15) is 17.0 Å². The van der Waals surface area contributed by atoms with E-state index in [4.69, 9.17) is 16.0 Å². The summed E-state index contributed by atoms with van der Waals surface area (Å²) in [6.07, 6.45) is 0. The van der Waals surface area contributed by atoms with Gasteiger partial charge in [0.2, 0.25) is 11.8 Å². The van der Waals surface area contributed by atoms with Gasteiger partial charge in [0.25, 0.3) is 0 Å². The number of aryl methyl sites for hydroxylation is 1. The summed E-state index contributed by atoms with van der Waals surface area (Å²) in [4.78, 5) is 16.5. The largest absolute Gasteiger partial charge is 0.441 e. The minimum absolute atomic E-state index is 0.0828. The van der Waals surface area contributed by atoms with Crippen LogP contribution >= 0.6 is 23.4 Å². The van der Waals surface area contributed by atoms with E-state index in [9.17, 15) is 9.18 Å². The molecule has 0 unspecified atom stereocenters. The molecule has 1 heterocycles. The molecule has 0 aliphatic rings. The van der Waals surface area contributed by atoms with E-state index in [-0.39, 0.29) is 11.7 Å². The number of carbonyl (C=O) groups is 1. The minimum Gasteiger partial charge on any atom is -0.441 e. The molecule has 140 valence electrons. The van der Waals surface area contributed by atoms with Crippen molar-refractivity contribution in [2.75, 3.05) is 5.75 Å². The zero-order valence-corrected chi connectivity index (χ0v) is 16.2. The van der Waals surface area contributed by atoms with Crippen LogP contribution in [-0.4, -0.2) is 16.6 Å². The van der Waals surface area contributed by atoms with Crippen molar-refractivity contribution in [3.63, 3.8) is 0 Å². The van der Waals surface area contributed by atoms with Crippen molar-refractivity contribution >= 4 is 29.3 Å². The first-order valence-corrected chi connectivity index (χ1v) is 9.85. The van der Waals surface area contributed by atoms with Gasteiger partial charge in [0.1, 0.15) is 11.6 Å². The highest BCUT2D eigenvalue weighted by molar-refractivity contribution is 7.99. The van der Waals surface area contributed by atoms with Crippen LogP contribution < -0.4 is 5.32 Å². The van der Waals surface area contributed by atoms with Crippen LogP contribution in [0.4, 0.5) is 4.39 Å². The van der Waals surface area contributed by atoms with Gasteiger partial charge in [0.15, 0.2) is 0 Å². The molecule has 1 N–H and O–H groups in total. The highest BCUT2D eigenvalue weighted by Gasteiger charge is 2.12. The lowest BCUT2D eigenvalue weighted by molar-refractivity contribution is -0.118. The van der Waals surface area contributed by atoms with Crippen molar-refractivity contribution in [1.29, 1.82) is 0 Å². The summed E-state index contributed by atoms with van der Waals surface area (Å²) in [5.41, 5.74) is 2.48. The number of amides is 1. The first-order chi connectivity index (χ1) is 13.0. The third-order valence-electron chi connectivity index (χ3n) is 3.84. The topological polar surface area (TPSA) is 55.1 Å². The van der Waals surface area contributed by atoms with Gasteiger partial charge in [0, 0.05) is 22.9 Å². The normalized spacial score (nSPS) is 10.8. The number of benzene rings is 2. The molecule has 0 fully saturated rings. The lowest BCUT2D eigenvalue weighted by Crippen LogP contribution is -2.24. The average Bonchev–Trinajstić information content (AvgIpc) is 3.02. The monoisotopic (exact) mass is 404 g/mol. The molecule has 0 saturated carbocycles. The molecule has 7 heteroatoms. The van der Waals surface area contributed by atoms with E-state index in [2.05, 4.69) is 10.3 Å². The van der Waals surface area contributed by atoms with Crippen molar-refractivity contribution in [2.24, 2.45) is 0 Å². The number of nitrogens with zero attached hydrogens (tertiary/aromatic N) is 1. The lowest BCUT2D eigenvalue weighted by Gasteiger charge is -2.05. The van der Waals surface area contributed by atoms with Gasteiger partial charge in [-0.1, -0.05) is 29.8 Å². The van der Waals surface area contributed by atoms with Gasteiger partial charge < -0.3 is 9.73 Å². The van der Waals surface area contributed by atoms with Crippen LogP contribution in [0.5, 0.6) is 0 Å². The maximum atomic E-state index is 12.9. The number of nitrogens with one attached hydrogen (secondary N) is 1. The van der Waals surface area contributed by atoms with Gasteiger partial charge in [-0.15, -0.1) is 11.8 Å². The molecule has 1 aromatic heterocycles. The van der Waals surface area contributed by atoms with Gasteiger partial charge in [0.05, 0.1) is 11.4 Å². The molecule has 0 bridgehead atoms. The Labute approximate surface area is 166 Å². The fourth-order valence-corrected chi connectivity index (χ4v) is 3.44. The van der Waals surface area contributed by atoms with Crippen molar-refractivity contribution in [3.05, 3.63) is 76.4 Å². The third-order valence-corrected chi connectivity index (χ3v) is 5.02. The first-order valence-electron chi connectivity index (χ1n) is 8.32. The maximum Gasteiger partial charge on any atom is 0.230 e. The Balaban J connectivity index is 1.48. The molecule has 0 radical (unpaired) electrons. The van der Waals surface area contributed by atoms with Gasteiger partial charge in [-0.25, -0.2) is 9.37 Å². The summed E-state index contributed by atoms with van der Waals surface area (Å²) in [6, 6.07) is 13.4. The summed E-state index contributed by atoms with van der Waals surface area (Å²) in [6.45, 7) is 2.23. The third kappa shape index (κ3) is 5.58. The summed E-state index contributed by atoms with van der Waals surface area (Å²) in [5.74, 6) is 1.75. The van der Waals surface area contributed by atoms with E-state index in [1.807, 2.05) is 19.1 Å². The smallest absolute Gasteiger partial charge is 0.230 e. The molecule has 2 aromatic carbocycles. The average molecular weight is 405 g/mol. The molecule has 0 saturated heterocycles. The molecule has 3 rings (SSSR count). The Morgan fingerprint density at radius 1 is 1.26 bits per heavy atom. The second-order valence-corrected chi connectivity index (χ2v) is 7.35. The predicted octanol–water partition coefficient (Wildman–Crippen LogP) is 4.99. The number of halogens is 2. The Hall–Kier alpha value is -2.31. The predicted molar refractivity (Wildman–Crippen MR) is 106 cm³/mol. The van der Waals surface area contributed by atoms with Crippen molar-refractivity contribution in [2.45, 2.75) is 19.2 Å². The van der Waals surface area contributed by atoms with Crippen LogP contribution in [0, 0.1) is 12.7 Å². The number of hydrogen-bond acceptors (Lipinski definition) is 4. The minimum atomic E-state index is -0.291. The number of rotatable bonds is 7. The van der Waals surface area contributed by atoms with E-state index in [0.717, 1.165) is 22.6 Å². The highest BCUT2D eigenvalue weighted by Crippen LogP contribution is 2.26. The van der Waals surface area contributed by atoms with Crippen molar-refractivity contribution in [1.82, 2.24) is 10.3 Å². The van der Waals surface area contributed by atoms with Gasteiger partial charge in [-0.3, -0.25) is 4.79 Å². The molecule has 0 spiro atoms. The molecule has 0 aliphatic carbocycles. The van der Waals surface area contributed by atoms with Crippen LogP contribution in [-0.2, 0) is 17.1 Å². The number of thioether (sulfide) groups is 1. The van der Waals surface area contributed by atoms with Crippen molar-refractivity contribution in [3.8, 4) is 11.5 Å². The SMILES string of the molecule is Cc1oc(-c2cccc(Cl)c2)nc1CSCC(=O)NCc1ccc(F)cc1. The summed E-state index contributed by atoms with van der Waals surface area (Å²) in [7, 11) is 0. The quantitative estimate of drug-likeness (QED) is 0.602. The number of aromatic nitrogens is 1. The van der Waals surface area contributed by atoms with Crippen molar-refractivity contribution < 1.29 is 13.6 Å². The van der Waals surface area contributed by atoms with E-state index >= 15 is 0 Å². The summed E-state index contributed by atoms with van der Waals surface area (Å²) in [5, 5.41) is 3.44. The number of carbonyl (C=O) groups excluding carboxylic acids is 1. The zero-order chi connectivity index (χ0) is 19.2.